The number of carbonyl (C=O) groups excluding carboxylic acids is 1. The molecule has 0 aliphatic carbocycles. The summed E-state index contributed by atoms with van der Waals surface area (Å²) in [4.78, 5) is 13.8. The summed E-state index contributed by atoms with van der Waals surface area (Å²) in [5.41, 5.74) is 1.68. The van der Waals surface area contributed by atoms with E-state index in [2.05, 4.69) is 5.32 Å². The van der Waals surface area contributed by atoms with Gasteiger partial charge in [0.1, 0.15) is 18.4 Å². The van der Waals surface area contributed by atoms with Gasteiger partial charge in [-0.05, 0) is 37.3 Å². The van der Waals surface area contributed by atoms with E-state index in [1.165, 1.54) is 0 Å². The number of amides is 1. The zero-order chi connectivity index (χ0) is 15.5. The quantitative estimate of drug-likeness (QED) is 0.882. The molecular weight excluding hydrogens is 296 g/mol. The van der Waals surface area contributed by atoms with Crippen molar-refractivity contribution in [2.45, 2.75) is 19.6 Å². The molecule has 0 saturated carbocycles. The molecular formula is C17H16N2O2S. The molecule has 5 heteroatoms. The van der Waals surface area contributed by atoms with Gasteiger partial charge in [-0.2, -0.15) is 0 Å². The minimum absolute atomic E-state index is 0.0443. The molecule has 2 aromatic rings. The molecule has 4 nitrogen and oxygen atoms in total. The van der Waals surface area contributed by atoms with E-state index in [0.717, 1.165) is 17.0 Å². The molecule has 1 aliphatic heterocycles. The summed E-state index contributed by atoms with van der Waals surface area (Å²) in [6, 6.07) is 16.9. The highest BCUT2D eigenvalue weighted by Gasteiger charge is 2.34. The first-order valence-electron chi connectivity index (χ1n) is 7.07. The second kappa shape index (κ2) is 6.15. The molecule has 0 aromatic heterocycles. The SMILES string of the molecule is C[C@@H]1NC(=S)N(c2ccccc2COc2ccccc2)C1=O. The Balaban J connectivity index is 1.84. The third-order valence-electron chi connectivity index (χ3n) is 3.50. The van der Waals surface area contributed by atoms with Crippen LogP contribution in [0.2, 0.25) is 0 Å². The number of para-hydroxylation sites is 2. The topological polar surface area (TPSA) is 41.6 Å². The first-order chi connectivity index (χ1) is 10.7. The average Bonchev–Trinajstić information content (AvgIpc) is 2.79. The first-order valence-corrected chi connectivity index (χ1v) is 7.48. The van der Waals surface area contributed by atoms with Crippen molar-refractivity contribution in [2.75, 3.05) is 4.90 Å². The predicted molar refractivity (Wildman–Crippen MR) is 89.9 cm³/mol. The fraction of sp³-hybridized carbons (Fsp3) is 0.176. The molecule has 1 N–H and O–H groups in total. The highest BCUT2D eigenvalue weighted by molar-refractivity contribution is 7.80. The van der Waals surface area contributed by atoms with Crippen LogP contribution in [0.15, 0.2) is 54.6 Å². The summed E-state index contributed by atoms with van der Waals surface area (Å²) in [6.07, 6.45) is 0. The Kier molecular flexibility index (Phi) is 4.06. The normalized spacial score (nSPS) is 17.5. The smallest absolute Gasteiger partial charge is 0.255 e. The summed E-state index contributed by atoms with van der Waals surface area (Å²) in [5.74, 6) is 0.747. The maximum absolute atomic E-state index is 12.3. The zero-order valence-electron chi connectivity index (χ0n) is 12.2. The highest BCUT2D eigenvalue weighted by atomic mass is 32.1. The van der Waals surface area contributed by atoms with Gasteiger partial charge in [-0.15, -0.1) is 0 Å². The predicted octanol–water partition coefficient (Wildman–Crippen LogP) is 2.88. The summed E-state index contributed by atoms with van der Waals surface area (Å²) in [6.45, 7) is 2.18. The van der Waals surface area contributed by atoms with Crippen molar-refractivity contribution in [2.24, 2.45) is 0 Å². The molecule has 22 heavy (non-hydrogen) atoms. The van der Waals surface area contributed by atoms with Crippen molar-refractivity contribution in [3.05, 3.63) is 60.2 Å². The molecule has 1 saturated heterocycles. The van der Waals surface area contributed by atoms with Gasteiger partial charge >= 0.3 is 0 Å². The zero-order valence-corrected chi connectivity index (χ0v) is 13.0. The molecule has 112 valence electrons. The Morgan fingerprint density at radius 1 is 1.14 bits per heavy atom. The maximum atomic E-state index is 12.3. The number of hydrogen-bond acceptors (Lipinski definition) is 3. The van der Waals surface area contributed by atoms with Crippen LogP contribution in [0, 0.1) is 0 Å². The third kappa shape index (κ3) is 2.80. The number of carbonyl (C=O) groups is 1. The summed E-state index contributed by atoms with van der Waals surface area (Å²) in [7, 11) is 0. The molecule has 1 atom stereocenters. The molecule has 1 aliphatic rings. The van der Waals surface area contributed by atoms with Crippen LogP contribution >= 0.6 is 12.2 Å². The number of anilines is 1. The number of nitrogens with one attached hydrogen (secondary N) is 1. The minimum Gasteiger partial charge on any atom is -0.489 e. The van der Waals surface area contributed by atoms with E-state index in [1.807, 2.05) is 54.6 Å². The average molecular weight is 312 g/mol. The van der Waals surface area contributed by atoms with Gasteiger partial charge in [-0.1, -0.05) is 36.4 Å². The lowest BCUT2D eigenvalue weighted by atomic mass is 10.1. The van der Waals surface area contributed by atoms with Crippen LogP contribution in [0.1, 0.15) is 12.5 Å². The Labute approximate surface area is 134 Å². The van der Waals surface area contributed by atoms with E-state index in [4.69, 9.17) is 17.0 Å². The fourth-order valence-corrected chi connectivity index (χ4v) is 2.73. The van der Waals surface area contributed by atoms with E-state index in [9.17, 15) is 4.79 Å². The summed E-state index contributed by atoms with van der Waals surface area (Å²) < 4.78 is 5.79. The van der Waals surface area contributed by atoms with E-state index in [-0.39, 0.29) is 11.9 Å². The number of thiocarbonyl (C=S) groups is 1. The standard InChI is InChI=1S/C17H16N2O2S/c1-12-16(20)19(17(22)18-12)15-10-6-5-7-13(15)11-21-14-8-3-2-4-9-14/h2-10,12H,11H2,1H3,(H,18,22)/t12-/m0/s1. The van der Waals surface area contributed by atoms with Gasteiger partial charge in [0.2, 0.25) is 0 Å². The van der Waals surface area contributed by atoms with Crippen LogP contribution in [0.5, 0.6) is 5.75 Å². The Morgan fingerprint density at radius 3 is 2.50 bits per heavy atom. The van der Waals surface area contributed by atoms with Crippen LogP contribution < -0.4 is 15.0 Å². The monoisotopic (exact) mass is 312 g/mol. The largest absolute Gasteiger partial charge is 0.489 e. The lowest BCUT2D eigenvalue weighted by Gasteiger charge is -2.19. The van der Waals surface area contributed by atoms with E-state index >= 15 is 0 Å². The van der Waals surface area contributed by atoms with Gasteiger partial charge in [-0.3, -0.25) is 9.69 Å². The molecule has 0 unspecified atom stereocenters. The van der Waals surface area contributed by atoms with E-state index in [1.54, 1.807) is 11.8 Å². The van der Waals surface area contributed by atoms with Crippen molar-refractivity contribution < 1.29 is 9.53 Å². The second-order valence-electron chi connectivity index (χ2n) is 5.08. The highest BCUT2D eigenvalue weighted by Crippen LogP contribution is 2.25. The van der Waals surface area contributed by atoms with Crippen LogP contribution in [0.25, 0.3) is 0 Å². The van der Waals surface area contributed by atoms with Crippen molar-refractivity contribution in [3.8, 4) is 5.75 Å². The third-order valence-corrected chi connectivity index (χ3v) is 3.80. The summed E-state index contributed by atoms with van der Waals surface area (Å²) in [5, 5.41) is 3.42. The molecule has 0 spiro atoms. The molecule has 0 radical (unpaired) electrons. The van der Waals surface area contributed by atoms with Gasteiger partial charge in [0.05, 0.1) is 5.69 Å². The van der Waals surface area contributed by atoms with Crippen molar-refractivity contribution >= 4 is 28.9 Å². The fourth-order valence-electron chi connectivity index (χ4n) is 2.36. The van der Waals surface area contributed by atoms with Crippen LogP contribution in [0.4, 0.5) is 5.69 Å². The molecule has 2 aromatic carbocycles. The maximum Gasteiger partial charge on any atom is 0.255 e. The van der Waals surface area contributed by atoms with Crippen LogP contribution in [-0.4, -0.2) is 17.1 Å². The number of benzene rings is 2. The molecule has 1 amide bonds. The molecule has 3 rings (SSSR count). The lowest BCUT2D eigenvalue weighted by Crippen LogP contribution is -2.31. The molecule has 1 heterocycles. The van der Waals surface area contributed by atoms with Crippen LogP contribution in [-0.2, 0) is 11.4 Å². The second-order valence-corrected chi connectivity index (χ2v) is 5.46. The van der Waals surface area contributed by atoms with Gasteiger partial charge in [0.25, 0.3) is 5.91 Å². The first kappa shape index (κ1) is 14.5. The number of rotatable bonds is 4. The van der Waals surface area contributed by atoms with Crippen molar-refractivity contribution in [1.29, 1.82) is 0 Å². The number of hydrogen-bond donors (Lipinski definition) is 1. The molecule has 0 bridgehead atoms. The Hall–Kier alpha value is -2.40. The van der Waals surface area contributed by atoms with Crippen LogP contribution in [0.3, 0.4) is 0 Å². The minimum atomic E-state index is -0.296. The van der Waals surface area contributed by atoms with E-state index < -0.39 is 0 Å². The Bertz CT molecular complexity index is 703. The number of ether oxygens (including phenoxy) is 1. The van der Waals surface area contributed by atoms with Crippen molar-refractivity contribution in [1.82, 2.24) is 5.32 Å². The van der Waals surface area contributed by atoms with Gasteiger partial charge in [-0.25, -0.2) is 0 Å². The van der Waals surface area contributed by atoms with E-state index in [0.29, 0.717) is 11.7 Å². The summed E-state index contributed by atoms with van der Waals surface area (Å²) >= 11 is 5.27. The molecule has 1 fully saturated rings. The number of nitrogens with zero attached hydrogens (tertiary/aromatic N) is 1. The van der Waals surface area contributed by atoms with Gasteiger partial charge < -0.3 is 10.1 Å². The lowest BCUT2D eigenvalue weighted by molar-refractivity contribution is -0.117. The van der Waals surface area contributed by atoms with Crippen molar-refractivity contribution in [3.63, 3.8) is 0 Å². The van der Waals surface area contributed by atoms with Gasteiger partial charge in [0, 0.05) is 5.56 Å². The Morgan fingerprint density at radius 2 is 1.82 bits per heavy atom. The van der Waals surface area contributed by atoms with Gasteiger partial charge in [0.15, 0.2) is 5.11 Å².